The van der Waals surface area contributed by atoms with Gasteiger partial charge in [0.2, 0.25) is 0 Å². The summed E-state index contributed by atoms with van der Waals surface area (Å²) in [5.41, 5.74) is 3.29. The Morgan fingerprint density at radius 1 is 0.359 bits per heavy atom. The van der Waals surface area contributed by atoms with Gasteiger partial charge in [-0.15, -0.1) is 0 Å². The molecule has 0 saturated heterocycles. The predicted molar refractivity (Wildman–Crippen MR) is 177 cm³/mol. The van der Waals surface area contributed by atoms with Gasteiger partial charge >= 0.3 is 0 Å². The lowest BCUT2D eigenvalue weighted by atomic mass is 9.89. The van der Waals surface area contributed by atoms with Crippen LogP contribution in [0, 0.1) is 0 Å². The first-order valence-electron chi connectivity index (χ1n) is 17.3. The zero-order valence-electron chi connectivity index (χ0n) is 25.9. The number of rotatable bonds is 23. The molecule has 216 valence electrons. The summed E-state index contributed by atoms with van der Waals surface area (Å²) in [6.45, 7) is 4.61. The lowest BCUT2D eigenvalue weighted by Crippen LogP contribution is -1.98. The fourth-order valence-electron chi connectivity index (χ4n) is 6.49. The molecule has 0 aliphatic carbocycles. The third-order valence-electron chi connectivity index (χ3n) is 8.96. The Hall–Kier alpha value is -1.82. The van der Waals surface area contributed by atoms with Crippen molar-refractivity contribution >= 4 is 21.5 Å². The van der Waals surface area contributed by atoms with Gasteiger partial charge in [-0.1, -0.05) is 184 Å². The Bertz CT molecular complexity index is 1030. The molecule has 0 spiro atoms. The molecular weight excluding hydrogens is 468 g/mol. The van der Waals surface area contributed by atoms with E-state index in [1.807, 2.05) is 0 Å². The molecule has 3 aromatic rings. The van der Waals surface area contributed by atoms with E-state index >= 15 is 0 Å². The van der Waals surface area contributed by atoms with Crippen LogP contribution in [0.3, 0.4) is 0 Å². The second kappa shape index (κ2) is 20.1. The topological polar surface area (TPSA) is 0 Å². The predicted octanol–water partition coefficient (Wildman–Crippen LogP) is 13.3. The zero-order chi connectivity index (χ0) is 27.4. The summed E-state index contributed by atoms with van der Waals surface area (Å²) in [5.74, 6) is 0. The van der Waals surface area contributed by atoms with Crippen LogP contribution in [0.15, 0.2) is 48.5 Å². The van der Waals surface area contributed by atoms with Crippen molar-refractivity contribution in [1.82, 2.24) is 0 Å². The second-order valence-corrected chi connectivity index (χ2v) is 12.3. The summed E-state index contributed by atoms with van der Waals surface area (Å²) in [6.07, 6.45) is 32.2. The molecule has 0 fully saturated rings. The molecule has 0 nitrogen and oxygen atoms in total. The highest BCUT2D eigenvalue weighted by Crippen LogP contribution is 2.31. The number of fused-ring (bicyclic) bond motifs is 3. The minimum absolute atomic E-state index is 1.25. The highest BCUT2D eigenvalue weighted by molar-refractivity contribution is 6.08. The molecule has 0 atom stereocenters. The average molecular weight is 529 g/mol. The van der Waals surface area contributed by atoms with Gasteiger partial charge in [-0.05, 0) is 58.4 Å². The van der Waals surface area contributed by atoms with E-state index in [-0.39, 0.29) is 0 Å². The van der Waals surface area contributed by atoms with Crippen LogP contribution in [0.5, 0.6) is 0 Å². The van der Waals surface area contributed by atoms with Gasteiger partial charge in [0.1, 0.15) is 0 Å². The summed E-state index contributed by atoms with van der Waals surface area (Å²) in [7, 11) is 0. The van der Waals surface area contributed by atoms with Gasteiger partial charge in [0.05, 0.1) is 0 Å². The van der Waals surface area contributed by atoms with Crippen LogP contribution in [0.25, 0.3) is 21.5 Å². The minimum Gasteiger partial charge on any atom is -0.0654 e. The second-order valence-electron chi connectivity index (χ2n) is 12.3. The first-order chi connectivity index (χ1) is 19.3. The van der Waals surface area contributed by atoms with Gasteiger partial charge < -0.3 is 0 Å². The third-order valence-corrected chi connectivity index (χ3v) is 8.96. The van der Waals surface area contributed by atoms with Crippen molar-refractivity contribution in [2.24, 2.45) is 0 Å². The van der Waals surface area contributed by atoms with Crippen LogP contribution in [-0.2, 0) is 12.8 Å². The molecule has 0 heteroatoms. The molecular formula is C39H60. The number of benzene rings is 3. The van der Waals surface area contributed by atoms with E-state index in [0.29, 0.717) is 0 Å². The number of aryl methyl sites for hydroxylation is 2. The van der Waals surface area contributed by atoms with Gasteiger partial charge in [-0.2, -0.15) is 0 Å². The molecule has 0 amide bonds. The molecule has 0 N–H and O–H groups in total. The van der Waals surface area contributed by atoms with Crippen molar-refractivity contribution < 1.29 is 0 Å². The standard InChI is InChI=1S/C39H60/c1-3-5-7-9-11-13-15-17-19-21-23-28-36-34(26-22-20-18-16-14-12-10-8-6-4-2)30-32-39-37-29-25-24-27-35(37)31-33-38(36)39/h24-25,27,29-33H,3-23,26,28H2,1-2H3. The molecule has 0 heterocycles. The van der Waals surface area contributed by atoms with Crippen molar-refractivity contribution in [3.05, 3.63) is 59.7 Å². The molecule has 0 bridgehead atoms. The molecule has 0 aromatic heterocycles. The summed E-state index contributed by atoms with van der Waals surface area (Å²) < 4.78 is 0. The summed E-state index contributed by atoms with van der Waals surface area (Å²) in [5, 5.41) is 5.76. The molecule has 0 radical (unpaired) electrons. The number of hydrogen-bond acceptors (Lipinski definition) is 0. The van der Waals surface area contributed by atoms with Gasteiger partial charge in [0.15, 0.2) is 0 Å². The molecule has 3 aromatic carbocycles. The van der Waals surface area contributed by atoms with E-state index < -0.39 is 0 Å². The van der Waals surface area contributed by atoms with Crippen molar-refractivity contribution in [2.45, 2.75) is 162 Å². The highest BCUT2D eigenvalue weighted by Gasteiger charge is 2.10. The molecule has 0 saturated carbocycles. The highest BCUT2D eigenvalue weighted by atomic mass is 14.1. The first-order valence-corrected chi connectivity index (χ1v) is 17.3. The number of unbranched alkanes of at least 4 members (excludes halogenated alkanes) is 19. The van der Waals surface area contributed by atoms with Crippen molar-refractivity contribution in [1.29, 1.82) is 0 Å². The maximum atomic E-state index is 2.48. The zero-order valence-corrected chi connectivity index (χ0v) is 25.9. The molecule has 39 heavy (non-hydrogen) atoms. The third kappa shape index (κ3) is 11.7. The quantitative estimate of drug-likeness (QED) is 0.0848. The van der Waals surface area contributed by atoms with E-state index in [9.17, 15) is 0 Å². The Balaban J connectivity index is 1.48. The van der Waals surface area contributed by atoms with Crippen LogP contribution in [0.2, 0.25) is 0 Å². The minimum atomic E-state index is 1.25. The lowest BCUT2D eigenvalue weighted by molar-refractivity contribution is 0.549. The van der Waals surface area contributed by atoms with E-state index in [1.165, 1.54) is 169 Å². The van der Waals surface area contributed by atoms with Crippen LogP contribution in [-0.4, -0.2) is 0 Å². The van der Waals surface area contributed by atoms with E-state index in [4.69, 9.17) is 0 Å². The first kappa shape index (κ1) is 31.7. The maximum absolute atomic E-state index is 2.48. The fraction of sp³-hybridized carbons (Fsp3) is 0.641. The Morgan fingerprint density at radius 3 is 1.38 bits per heavy atom. The lowest BCUT2D eigenvalue weighted by Gasteiger charge is -2.15. The smallest absolute Gasteiger partial charge is 0.0102 e. The van der Waals surface area contributed by atoms with Crippen molar-refractivity contribution in [3.63, 3.8) is 0 Å². The Labute approximate surface area is 242 Å². The fourth-order valence-corrected chi connectivity index (χ4v) is 6.49. The van der Waals surface area contributed by atoms with Crippen molar-refractivity contribution in [3.8, 4) is 0 Å². The van der Waals surface area contributed by atoms with Gasteiger partial charge in [0, 0.05) is 0 Å². The normalized spacial score (nSPS) is 11.6. The van der Waals surface area contributed by atoms with Gasteiger partial charge in [-0.25, -0.2) is 0 Å². The molecule has 0 aliphatic heterocycles. The average Bonchev–Trinajstić information content (AvgIpc) is 2.97. The summed E-state index contributed by atoms with van der Waals surface area (Å²) in [6, 6.07) is 18.6. The van der Waals surface area contributed by atoms with E-state index in [1.54, 1.807) is 11.1 Å². The van der Waals surface area contributed by atoms with Crippen LogP contribution in [0.4, 0.5) is 0 Å². The maximum Gasteiger partial charge on any atom is -0.0102 e. The molecule has 0 unspecified atom stereocenters. The summed E-state index contributed by atoms with van der Waals surface area (Å²) in [4.78, 5) is 0. The van der Waals surface area contributed by atoms with Gasteiger partial charge in [-0.3, -0.25) is 0 Å². The van der Waals surface area contributed by atoms with Gasteiger partial charge in [0.25, 0.3) is 0 Å². The van der Waals surface area contributed by atoms with Crippen LogP contribution >= 0.6 is 0 Å². The van der Waals surface area contributed by atoms with Crippen LogP contribution in [0.1, 0.15) is 160 Å². The monoisotopic (exact) mass is 528 g/mol. The Morgan fingerprint density at radius 2 is 0.821 bits per heavy atom. The van der Waals surface area contributed by atoms with E-state index in [0.717, 1.165) is 0 Å². The SMILES string of the molecule is CCCCCCCCCCCCCc1c(CCCCCCCCCCCC)ccc2c1ccc1ccccc12. The molecule has 0 aliphatic rings. The largest absolute Gasteiger partial charge is 0.0654 e. The van der Waals surface area contributed by atoms with Crippen molar-refractivity contribution in [2.75, 3.05) is 0 Å². The number of hydrogen-bond donors (Lipinski definition) is 0. The summed E-state index contributed by atoms with van der Waals surface area (Å²) >= 11 is 0. The Kier molecular flexibility index (Phi) is 16.4. The van der Waals surface area contributed by atoms with Crippen LogP contribution < -0.4 is 0 Å². The molecule has 3 rings (SSSR count). The van der Waals surface area contributed by atoms with E-state index in [2.05, 4.69) is 62.4 Å².